The van der Waals surface area contributed by atoms with E-state index in [9.17, 15) is 22.8 Å². The molecule has 0 radical (unpaired) electrons. The molecular weight excluding hydrogens is 287 g/mol. The summed E-state index contributed by atoms with van der Waals surface area (Å²) in [5, 5.41) is 1.72. The number of ether oxygens (including phenoxy) is 1. The Morgan fingerprint density at radius 3 is 2.68 bits per heavy atom. The molecule has 0 saturated carbocycles. The van der Waals surface area contributed by atoms with E-state index in [0.29, 0.717) is 6.29 Å². The molecule has 0 saturated heterocycles. The first-order chi connectivity index (χ1) is 8.83. The highest BCUT2D eigenvalue weighted by Gasteiger charge is 2.27. The number of hydrogen-bond donors (Lipinski definition) is 1. The van der Waals surface area contributed by atoms with Crippen LogP contribution in [0.1, 0.15) is 10.4 Å². The van der Waals surface area contributed by atoms with Gasteiger partial charge in [-0.25, -0.2) is 0 Å². The summed E-state index contributed by atoms with van der Waals surface area (Å²) < 4.78 is 40.5. The first-order valence-electron chi connectivity index (χ1n) is 5.03. The second kappa shape index (κ2) is 6.42. The Hall–Kier alpha value is -1.76. The summed E-state index contributed by atoms with van der Waals surface area (Å²) in [5.41, 5.74) is 0.108. The molecule has 0 heterocycles. The molecule has 0 bridgehead atoms. The maximum atomic E-state index is 11.8. The van der Waals surface area contributed by atoms with Crippen molar-refractivity contribution in [1.82, 2.24) is 5.32 Å². The van der Waals surface area contributed by atoms with E-state index >= 15 is 0 Å². The van der Waals surface area contributed by atoms with Crippen molar-refractivity contribution in [3.05, 3.63) is 28.8 Å². The van der Waals surface area contributed by atoms with Gasteiger partial charge in [0.2, 0.25) is 0 Å². The van der Waals surface area contributed by atoms with E-state index in [0.717, 1.165) is 0 Å². The molecule has 104 valence electrons. The van der Waals surface area contributed by atoms with Gasteiger partial charge in [0.15, 0.2) is 12.9 Å². The van der Waals surface area contributed by atoms with Crippen LogP contribution < -0.4 is 10.1 Å². The second-order valence-electron chi connectivity index (χ2n) is 3.46. The first-order valence-corrected chi connectivity index (χ1v) is 5.41. The molecule has 1 amide bonds. The van der Waals surface area contributed by atoms with Crippen molar-refractivity contribution in [3.8, 4) is 5.75 Å². The number of carbonyl (C=O) groups is 2. The summed E-state index contributed by atoms with van der Waals surface area (Å²) in [5.74, 6) is -1.00. The van der Waals surface area contributed by atoms with Crippen molar-refractivity contribution in [2.45, 2.75) is 6.18 Å². The number of benzene rings is 1. The largest absolute Gasteiger partial charge is 0.481 e. The van der Waals surface area contributed by atoms with Gasteiger partial charge in [0, 0.05) is 0 Å². The molecule has 0 aromatic heterocycles. The highest BCUT2D eigenvalue weighted by molar-refractivity contribution is 6.32. The number of amides is 1. The minimum Gasteiger partial charge on any atom is -0.481 e. The van der Waals surface area contributed by atoms with Gasteiger partial charge in [-0.05, 0) is 12.1 Å². The Morgan fingerprint density at radius 1 is 1.42 bits per heavy atom. The number of para-hydroxylation sites is 1. The Kier molecular flexibility index (Phi) is 5.17. The second-order valence-corrected chi connectivity index (χ2v) is 3.86. The topological polar surface area (TPSA) is 55.4 Å². The summed E-state index contributed by atoms with van der Waals surface area (Å²) in [4.78, 5) is 21.8. The summed E-state index contributed by atoms with van der Waals surface area (Å²) in [7, 11) is 0. The summed E-state index contributed by atoms with van der Waals surface area (Å²) >= 11 is 5.75. The lowest BCUT2D eigenvalue weighted by atomic mass is 10.2. The normalized spacial score (nSPS) is 10.9. The minimum atomic E-state index is -4.49. The van der Waals surface area contributed by atoms with Gasteiger partial charge in [-0.15, -0.1) is 0 Å². The minimum absolute atomic E-state index is 0.0404. The number of rotatable bonds is 5. The zero-order chi connectivity index (χ0) is 14.5. The molecule has 4 nitrogen and oxygen atoms in total. The van der Waals surface area contributed by atoms with Crippen molar-refractivity contribution in [2.75, 3.05) is 13.2 Å². The third kappa shape index (κ3) is 5.17. The van der Waals surface area contributed by atoms with E-state index < -0.39 is 25.2 Å². The predicted octanol–water partition coefficient (Wildman–Crippen LogP) is 2.21. The summed E-state index contributed by atoms with van der Waals surface area (Å²) in [6.45, 7) is -2.11. The molecule has 19 heavy (non-hydrogen) atoms. The summed E-state index contributed by atoms with van der Waals surface area (Å²) in [6.07, 6.45) is -4.02. The molecule has 0 aliphatic heterocycles. The van der Waals surface area contributed by atoms with Crippen LogP contribution in [0, 0.1) is 0 Å². The molecule has 1 aromatic rings. The molecule has 0 fully saturated rings. The van der Waals surface area contributed by atoms with Gasteiger partial charge in [-0.2, -0.15) is 13.2 Å². The van der Waals surface area contributed by atoms with Gasteiger partial charge in [-0.3, -0.25) is 9.59 Å². The van der Waals surface area contributed by atoms with E-state index in [2.05, 4.69) is 0 Å². The first kappa shape index (κ1) is 15.3. The van der Waals surface area contributed by atoms with Crippen LogP contribution in [0.4, 0.5) is 13.2 Å². The highest BCUT2D eigenvalue weighted by atomic mass is 35.5. The van der Waals surface area contributed by atoms with E-state index in [1.165, 1.54) is 18.2 Å². The number of nitrogens with one attached hydrogen (secondary N) is 1. The molecule has 0 unspecified atom stereocenters. The average molecular weight is 296 g/mol. The predicted molar refractivity (Wildman–Crippen MR) is 61.4 cm³/mol. The Morgan fingerprint density at radius 2 is 2.11 bits per heavy atom. The van der Waals surface area contributed by atoms with Gasteiger partial charge in [0.05, 0.1) is 10.6 Å². The quantitative estimate of drug-likeness (QED) is 0.847. The molecular formula is C11H9ClF3NO3. The zero-order valence-electron chi connectivity index (χ0n) is 9.46. The van der Waals surface area contributed by atoms with E-state index in [4.69, 9.17) is 16.3 Å². The van der Waals surface area contributed by atoms with Gasteiger partial charge in [0.25, 0.3) is 5.91 Å². The van der Waals surface area contributed by atoms with Crippen LogP contribution in [0.15, 0.2) is 18.2 Å². The smallest absolute Gasteiger partial charge is 0.405 e. The maximum absolute atomic E-state index is 11.8. The van der Waals surface area contributed by atoms with Crippen LogP contribution in [-0.2, 0) is 4.79 Å². The molecule has 1 rings (SSSR count). The number of carbonyl (C=O) groups excluding carboxylic acids is 2. The lowest BCUT2D eigenvalue weighted by Crippen LogP contribution is -2.36. The number of halogens is 4. The number of hydrogen-bond acceptors (Lipinski definition) is 3. The Labute approximate surface area is 111 Å². The van der Waals surface area contributed by atoms with Crippen molar-refractivity contribution in [3.63, 3.8) is 0 Å². The molecule has 0 aliphatic carbocycles. The van der Waals surface area contributed by atoms with Gasteiger partial charge >= 0.3 is 6.18 Å². The average Bonchev–Trinajstić information content (AvgIpc) is 2.33. The van der Waals surface area contributed by atoms with Crippen LogP contribution in [-0.4, -0.2) is 31.5 Å². The Balaban J connectivity index is 2.58. The number of aldehydes is 1. The molecule has 1 aromatic carbocycles. The van der Waals surface area contributed by atoms with Crippen LogP contribution in [0.2, 0.25) is 5.02 Å². The van der Waals surface area contributed by atoms with Gasteiger partial charge in [0.1, 0.15) is 12.3 Å². The van der Waals surface area contributed by atoms with Crippen LogP contribution in [0.5, 0.6) is 5.75 Å². The lowest BCUT2D eigenvalue weighted by Gasteiger charge is -2.11. The van der Waals surface area contributed by atoms with E-state index in [1.807, 2.05) is 0 Å². The van der Waals surface area contributed by atoms with Crippen molar-refractivity contribution >= 4 is 23.8 Å². The van der Waals surface area contributed by atoms with Crippen LogP contribution in [0.25, 0.3) is 0 Å². The van der Waals surface area contributed by atoms with E-state index in [1.54, 1.807) is 5.32 Å². The fraction of sp³-hybridized carbons (Fsp3) is 0.273. The molecule has 8 heteroatoms. The van der Waals surface area contributed by atoms with Gasteiger partial charge in [-0.1, -0.05) is 17.7 Å². The third-order valence-electron chi connectivity index (χ3n) is 1.96. The molecule has 0 spiro atoms. The van der Waals surface area contributed by atoms with Crippen molar-refractivity contribution in [1.29, 1.82) is 0 Å². The lowest BCUT2D eigenvalue weighted by molar-refractivity contribution is -0.139. The monoisotopic (exact) mass is 295 g/mol. The molecule has 0 aliphatic rings. The van der Waals surface area contributed by atoms with Crippen molar-refractivity contribution < 1.29 is 27.5 Å². The zero-order valence-corrected chi connectivity index (χ0v) is 10.2. The number of alkyl halides is 3. The molecule has 0 atom stereocenters. The fourth-order valence-corrected chi connectivity index (χ4v) is 1.39. The van der Waals surface area contributed by atoms with Crippen LogP contribution in [0.3, 0.4) is 0 Å². The highest BCUT2D eigenvalue weighted by Crippen LogP contribution is 2.27. The Bertz CT molecular complexity index is 477. The SMILES string of the molecule is O=Cc1cccc(Cl)c1OCC(=O)NCC(F)(F)F. The van der Waals surface area contributed by atoms with Crippen molar-refractivity contribution in [2.24, 2.45) is 0 Å². The molecule has 1 N–H and O–H groups in total. The maximum Gasteiger partial charge on any atom is 0.405 e. The standard InChI is InChI=1S/C11H9ClF3NO3/c12-8-3-1-2-7(4-17)10(8)19-5-9(18)16-6-11(13,14)15/h1-4H,5-6H2,(H,16,18). The summed E-state index contributed by atoms with van der Waals surface area (Å²) in [6, 6.07) is 4.34. The van der Waals surface area contributed by atoms with Gasteiger partial charge < -0.3 is 10.1 Å². The third-order valence-corrected chi connectivity index (χ3v) is 2.26. The van der Waals surface area contributed by atoms with Crippen LogP contribution >= 0.6 is 11.6 Å². The fourth-order valence-electron chi connectivity index (χ4n) is 1.16. The van der Waals surface area contributed by atoms with E-state index in [-0.39, 0.29) is 16.3 Å².